The van der Waals surface area contributed by atoms with Gasteiger partial charge in [-0.05, 0) is 49.8 Å². The van der Waals surface area contributed by atoms with E-state index < -0.39 is 0 Å². The van der Waals surface area contributed by atoms with Gasteiger partial charge in [-0.3, -0.25) is 0 Å². The third-order valence-electron chi connectivity index (χ3n) is 3.31. The second-order valence-corrected chi connectivity index (χ2v) is 5.54. The van der Waals surface area contributed by atoms with Gasteiger partial charge in [0.25, 0.3) is 0 Å². The van der Waals surface area contributed by atoms with E-state index in [2.05, 4.69) is 12.2 Å². The Hall–Kier alpha value is -0.400. The van der Waals surface area contributed by atoms with Gasteiger partial charge in [-0.15, -0.1) is 0 Å². The van der Waals surface area contributed by atoms with Gasteiger partial charge in [0.2, 0.25) is 0 Å². The van der Waals surface area contributed by atoms with Gasteiger partial charge in [0.1, 0.15) is 0 Å². The Bertz CT molecular complexity index is 357. The molecule has 0 bridgehead atoms. The van der Waals surface area contributed by atoms with Crippen LogP contribution in [0.5, 0.6) is 0 Å². The van der Waals surface area contributed by atoms with Crippen molar-refractivity contribution in [2.45, 2.75) is 38.6 Å². The minimum Gasteiger partial charge on any atom is -0.382 e. The zero-order valence-electron chi connectivity index (χ0n) is 9.47. The van der Waals surface area contributed by atoms with Crippen LogP contribution in [0.3, 0.4) is 0 Å². The lowest BCUT2D eigenvalue weighted by molar-refractivity contribution is 0.361. The van der Waals surface area contributed by atoms with Gasteiger partial charge >= 0.3 is 0 Å². The van der Waals surface area contributed by atoms with E-state index in [0.29, 0.717) is 16.1 Å². The molecule has 1 aliphatic carbocycles. The molecule has 88 valence electrons. The van der Waals surface area contributed by atoms with Crippen molar-refractivity contribution in [1.29, 1.82) is 0 Å². The summed E-state index contributed by atoms with van der Waals surface area (Å²) in [5, 5.41) is 4.76. The van der Waals surface area contributed by atoms with Crippen molar-refractivity contribution >= 4 is 28.9 Å². The van der Waals surface area contributed by atoms with E-state index in [1.165, 1.54) is 25.7 Å². The predicted octanol–water partition coefficient (Wildman–Crippen LogP) is 4.98. The molecule has 0 spiro atoms. The molecule has 1 aromatic carbocycles. The summed E-state index contributed by atoms with van der Waals surface area (Å²) in [6.07, 6.45) is 5.14. The van der Waals surface area contributed by atoms with Crippen molar-refractivity contribution in [3.63, 3.8) is 0 Å². The molecular weight excluding hydrogens is 241 g/mol. The molecule has 0 heterocycles. The number of hydrogen-bond acceptors (Lipinski definition) is 1. The Labute approximate surface area is 107 Å². The second-order valence-electron chi connectivity index (χ2n) is 4.73. The van der Waals surface area contributed by atoms with Crippen molar-refractivity contribution in [2.24, 2.45) is 5.92 Å². The van der Waals surface area contributed by atoms with Crippen LogP contribution in [0.25, 0.3) is 0 Å². The number of halogens is 2. The molecular formula is C13H17Cl2N. The van der Waals surface area contributed by atoms with E-state index in [4.69, 9.17) is 23.2 Å². The van der Waals surface area contributed by atoms with Gasteiger partial charge in [0.15, 0.2) is 0 Å². The molecule has 1 N–H and O–H groups in total. The van der Waals surface area contributed by atoms with Gasteiger partial charge in [-0.25, -0.2) is 0 Å². The lowest BCUT2D eigenvalue weighted by Gasteiger charge is -2.27. The molecule has 1 aromatic rings. The van der Waals surface area contributed by atoms with E-state index in [9.17, 15) is 0 Å². The van der Waals surface area contributed by atoms with Crippen LogP contribution in [0.2, 0.25) is 10.0 Å². The molecule has 0 atom stereocenters. The average Bonchev–Trinajstić information content (AvgIpc) is 2.27. The normalized spacial score (nSPS) is 25.4. The van der Waals surface area contributed by atoms with Gasteiger partial charge in [0.05, 0.1) is 10.0 Å². The number of benzene rings is 1. The van der Waals surface area contributed by atoms with Crippen LogP contribution in [-0.4, -0.2) is 6.04 Å². The van der Waals surface area contributed by atoms with E-state index in [1.807, 2.05) is 18.2 Å². The smallest absolute Gasteiger partial charge is 0.0612 e. The zero-order chi connectivity index (χ0) is 11.5. The first-order valence-electron chi connectivity index (χ1n) is 5.87. The molecule has 1 fully saturated rings. The van der Waals surface area contributed by atoms with Crippen molar-refractivity contribution in [1.82, 2.24) is 0 Å². The molecule has 1 nitrogen and oxygen atoms in total. The maximum Gasteiger partial charge on any atom is 0.0612 e. The van der Waals surface area contributed by atoms with Crippen LogP contribution in [0.1, 0.15) is 32.6 Å². The SMILES string of the molecule is CC1CCC(Nc2ccc(Cl)c(Cl)c2)CC1. The summed E-state index contributed by atoms with van der Waals surface area (Å²) >= 11 is 11.9. The van der Waals surface area contributed by atoms with Gasteiger partial charge in [-0.2, -0.15) is 0 Å². The maximum atomic E-state index is 5.98. The first kappa shape index (κ1) is 12.1. The summed E-state index contributed by atoms with van der Waals surface area (Å²) in [5.74, 6) is 0.881. The highest BCUT2D eigenvalue weighted by atomic mass is 35.5. The first-order valence-corrected chi connectivity index (χ1v) is 6.62. The molecule has 0 aromatic heterocycles. The van der Waals surface area contributed by atoms with E-state index in [-0.39, 0.29) is 0 Å². The van der Waals surface area contributed by atoms with Gasteiger partial charge in [0, 0.05) is 11.7 Å². The van der Waals surface area contributed by atoms with E-state index >= 15 is 0 Å². The fraction of sp³-hybridized carbons (Fsp3) is 0.538. The molecule has 1 aliphatic rings. The summed E-state index contributed by atoms with van der Waals surface area (Å²) in [5.41, 5.74) is 1.08. The molecule has 2 rings (SSSR count). The lowest BCUT2D eigenvalue weighted by Crippen LogP contribution is -2.25. The van der Waals surface area contributed by atoms with Crippen LogP contribution < -0.4 is 5.32 Å². The minimum atomic E-state index is 0.591. The molecule has 3 heteroatoms. The Balaban J connectivity index is 1.96. The summed E-state index contributed by atoms with van der Waals surface area (Å²) in [6.45, 7) is 2.33. The van der Waals surface area contributed by atoms with Crippen LogP contribution in [-0.2, 0) is 0 Å². The summed E-state index contributed by atoms with van der Waals surface area (Å²) in [4.78, 5) is 0. The van der Waals surface area contributed by atoms with Crippen LogP contribution >= 0.6 is 23.2 Å². The van der Waals surface area contributed by atoms with Crippen LogP contribution in [0, 0.1) is 5.92 Å². The summed E-state index contributed by atoms with van der Waals surface area (Å²) < 4.78 is 0. The monoisotopic (exact) mass is 257 g/mol. The topological polar surface area (TPSA) is 12.0 Å². The van der Waals surface area contributed by atoms with Crippen molar-refractivity contribution in [2.75, 3.05) is 5.32 Å². The standard InChI is InChI=1S/C13H17Cl2N/c1-9-2-4-10(5-3-9)16-11-6-7-12(14)13(15)8-11/h6-10,16H,2-5H2,1H3. The van der Waals surface area contributed by atoms with Crippen molar-refractivity contribution < 1.29 is 0 Å². The Kier molecular flexibility index (Phi) is 3.99. The fourth-order valence-electron chi connectivity index (χ4n) is 2.23. The summed E-state index contributed by atoms with van der Waals surface area (Å²) in [6, 6.07) is 6.33. The first-order chi connectivity index (χ1) is 7.65. The van der Waals surface area contributed by atoms with Crippen LogP contribution in [0.4, 0.5) is 5.69 Å². The van der Waals surface area contributed by atoms with E-state index in [0.717, 1.165) is 11.6 Å². The Morgan fingerprint density at radius 2 is 1.75 bits per heavy atom. The number of hydrogen-bond donors (Lipinski definition) is 1. The average molecular weight is 258 g/mol. The Morgan fingerprint density at radius 3 is 2.38 bits per heavy atom. The number of nitrogens with one attached hydrogen (secondary N) is 1. The third-order valence-corrected chi connectivity index (χ3v) is 4.05. The van der Waals surface area contributed by atoms with Gasteiger partial charge in [-0.1, -0.05) is 30.1 Å². The van der Waals surface area contributed by atoms with E-state index in [1.54, 1.807) is 0 Å². The van der Waals surface area contributed by atoms with Crippen molar-refractivity contribution in [3.8, 4) is 0 Å². The highest BCUT2D eigenvalue weighted by Gasteiger charge is 2.17. The molecule has 0 radical (unpaired) electrons. The minimum absolute atomic E-state index is 0.591. The largest absolute Gasteiger partial charge is 0.382 e. The number of rotatable bonds is 2. The quantitative estimate of drug-likeness (QED) is 0.788. The highest BCUT2D eigenvalue weighted by Crippen LogP contribution is 2.29. The highest BCUT2D eigenvalue weighted by molar-refractivity contribution is 6.42. The molecule has 0 saturated heterocycles. The summed E-state index contributed by atoms with van der Waals surface area (Å²) in [7, 11) is 0. The predicted molar refractivity (Wildman–Crippen MR) is 71.5 cm³/mol. The molecule has 0 aliphatic heterocycles. The molecule has 0 amide bonds. The molecule has 0 unspecified atom stereocenters. The van der Waals surface area contributed by atoms with Crippen molar-refractivity contribution in [3.05, 3.63) is 28.2 Å². The molecule has 16 heavy (non-hydrogen) atoms. The maximum absolute atomic E-state index is 5.98. The van der Waals surface area contributed by atoms with Crippen LogP contribution in [0.15, 0.2) is 18.2 Å². The molecule has 1 saturated carbocycles. The fourth-order valence-corrected chi connectivity index (χ4v) is 2.52. The second kappa shape index (κ2) is 5.29. The van der Waals surface area contributed by atoms with Gasteiger partial charge < -0.3 is 5.32 Å². The third kappa shape index (κ3) is 3.05. The lowest BCUT2D eigenvalue weighted by atomic mass is 9.87. The Morgan fingerprint density at radius 1 is 1.06 bits per heavy atom. The zero-order valence-corrected chi connectivity index (χ0v) is 11.0. The number of anilines is 1.